The Morgan fingerprint density at radius 2 is 1.86 bits per heavy atom. The van der Waals surface area contributed by atoms with Crippen molar-refractivity contribution in [3.05, 3.63) is 63.8 Å². The summed E-state index contributed by atoms with van der Waals surface area (Å²) in [6.07, 6.45) is 3.46. The average molecular weight is 477 g/mol. The number of hydrogen-bond donors (Lipinski definition) is 1. The zero-order chi connectivity index (χ0) is 24.7. The lowest BCUT2D eigenvalue weighted by Gasteiger charge is -2.35. The number of carbonyl (C=O) groups excluding carboxylic acids is 2. The minimum Gasteiger partial charge on any atom is -0.361 e. The number of piperidine rings is 1. The molecular formula is C26H32N6O3. The molecule has 1 aromatic carbocycles. The van der Waals surface area contributed by atoms with Gasteiger partial charge in [-0.3, -0.25) is 9.59 Å². The van der Waals surface area contributed by atoms with Gasteiger partial charge in [-0.15, -0.1) is 5.10 Å². The first-order chi connectivity index (χ1) is 16.7. The van der Waals surface area contributed by atoms with E-state index in [9.17, 15) is 9.59 Å². The van der Waals surface area contributed by atoms with Crippen LogP contribution in [0.5, 0.6) is 0 Å². The molecule has 2 amide bonds. The number of nitrogens with zero attached hydrogens (tertiary/aromatic N) is 5. The van der Waals surface area contributed by atoms with Gasteiger partial charge < -0.3 is 14.7 Å². The van der Waals surface area contributed by atoms with Gasteiger partial charge in [-0.1, -0.05) is 39.7 Å². The summed E-state index contributed by atoms with van der Waals surface area (Å²) in [6, 6.07) is 8.15. The maximum Gasteiger partial charge on any atom is 0.274 e. The van der Waals surface area contributed by atoms with E-state index in [1.54, 1.807) is 4.68 Å². The third-order valence-electron chi connectivity index (χ3n) is 7.16. The Bertz CT molecular complexity index is 1250. The maximum absolute atomic E-state index is 13.6. The molecule has 1 atom stereocenters. The van der Waals surface area contributed by atoms with E-state index in [0.717, 1.165) is 49.2 Å². The van der Waals surface area contributed by atoms with Crippen LogP contribution in [0.3, 0.4) is 0 Å². The van der Waals surface area contributed by atoms with Gasteiger partial charge >= 0.3 is 0 Å². The van der Waals surface area contributed by atoms with Crippen molar-refractivity contribution in [1.29, 1.82) is 0 Å². The fraction of sp³-hybridized carbons (Fsp3) is 0.500. The van der Waals surface area contributed by atoms with Crippen molar-refractivity contribution in [3.8, 4) is 0 Å². The Hall–Kier alpha value is -3.49. The molecule has 9 heteroatoms. The standard InChI is InChI=1S/C26H32N6O3/c1-16-10-17(2)12-20(11-16)26(7-8-26)25(34)31-9-5-6-21(14-31)27-24(33)23-19(4)32(30-28-23)15-22-13-18(3)35-29-22/h10-13,21H,5-9,14-15H2,1-4H3,(H,27,33). The van der Waals surface area contributed by atoms with Crippen molar-refractivity contribution < 1.29 is 14.1 Å². The molecule has 2 fully saturated rings. The fourth-order valence-electron chi connectivity index (χ4n) is 5.20. The molecule has 0 radical (unpaired) electrons. The van der Waals surface area contributed by atoms with E-state index >= 15 is 0 Å². The molecule has 1 saturated carbocycles. The first kappa shape index (κ1) is 23.3. The molecule has 2 aliphatic rings. The second kappa shape index (κ2) is 8.94. The zero-order valence-corrected chi connectivity index (χ0v) is 20.8. The van der Waals surface area contributed by atoms with Crippen LogP contribution in [0.15, 0.2) is 28.8 Å². The third-order valence-corrected chi connectivity index (χ3v) is 7.16. The number of benzene rings is 1. The van der Waals surface area contributed by atoms with Crippen molar-refractivity contribution in [1.82, 2.24) is 30.4 Å². The van der Waals surface area contributed by atoms with Gasteiger partial charge in [0.2, 0.25) is 5.91 Å². The first-order valence-corrected chi connectivity index (χ1v) is 12.3. The van der Waals surface area contributed by atoms with E-state index in [0.29, 0.717) is 24.5 Å². The maximum atomic E-state index is 13.6. The first-order valence-electron chi connectivity index (χ1n) is 12.3. The van der Waals surface area contributed by atoms with Gasteiger partial charge in [0.25, 0.3) is 5.91 Å². The van der Waals surface area contributed by atoms with E-state index in [1.165, 1.54) is 11.1 Å². The number of nitrogens with one attached hydrogen (secondary N) is 1. The van der Waals surface area contributed by atoms with Crippen molar-refractivity contribution in [2.24, 2.45) is 0 Å². The monoisotopic (exact) mass is 476 g/mol. The smallest absolute Gasteiger partial charge is 0.274 e. The van der Waals surface area contributed by atoms with Crippen LogP contribution in [0.2, 0.25) is 0 Å². The van der Waals surface area contributed by atoms with Gasteiger partial charge in [0, 0.05) is 25.2 Å². The largest absolute Gasteiger partial charge is 0.361 e. The van der Waals surface area contributed by atoms with Crippen LogP contribution in [0.1, 0.15) is 70.0 Å². The third kappa shape index (κ3) is 4.59. The Morgan fingerprint density at radius 3 is 2.51 bits per heavy atom. The molecule has 1 aliphatic heterocycles. The highest BCUT2D eigenvalue weighted by Gasteiger charge is 2.53. The molecule has 9 nitrogen and oxygen atoms in total. The molecule has 3 aromatic rings. The summed E-state index contributed by atoms with van der Waals surface area (Å²) >= 11 is 0. The van der Waals surface area contributed by atoms with Gasteiger partial charge in [0.05, 0.1) is 17.7 Å². The highest BCUT2D eigenvalue weighted by atomic mass is 16.5. The van der Waals surface area contributed by atoms with Crippen LogP contribution in [0.25, 0.3) is 0 Å². The summed E-state index contributed by atoms with van der Waals surface area (Å²) in [4.78, 5) is 28.6. The van der Waals surface area contributed by atoms with E-state index in [4.69, 9.17) is 4.52 Å². The molecular weight excluding hydrogens is 444 g/mol. The number of aryl methyl sites for hydroxylation is 3. The van der Waals surface area contributed by atoms with Gasteiger partial charge in [0.15, 0.2) is 5.69 Å². The molecule has 1 unspecified atom stereocenters. The van der Waals surface area contributed by atoms with Gasteiger partial charge in [-0.25, -0.2) is 4.68 Å². The summed E-state index contributed by atoms with van der Waals surface area (Å²) < 4.78 is 6.75. The minimum atomic E-state index is -0.401. The predicted molar refractivity (Wildman–Crippen MR) is 129 cm³/mol. The average Bonchev–Trinajstić information content (AvgIpc) is 3.41. The van der Waals surface area contributed by atoms with Crippen molar-refractivity contribution in [2.45, 2.75) is 71.4 Å². The predicted octanol–water partition coefficient (Wildman–Crippen LogP) is 3.00. The normalized spacial score (nSPS) is 19.0. The van der Waals surface area contributed by atoms with Crippen LogP contribution >= 0.6 is 0 Å². The summed E-state index contributed by atoms with van der Waals surface area (Å²) in [6.45, 7) is 9.43. The molecule has 184 valence electrons. The lowest BCUT2D eigenvalue weighted by atomic mass is 9.90. The summed E-state index contributed by atoms with van der Waals surface area (Å²) in [5, 5.41) is 15.3. The fourth-order valence-corrected chi connectivity index (χ4v) is 5.20. The Labute approximate surface area is 204 Å². The number of amides is 2. The molecule has 0 spiro atoms. The van der Waals surface area contributed by atoms with Crippen LogP contribution < -0.4 is 5.32 Å². The van der Waals surface area contributed by atoms with Crippen LogP contribution in [0.4, 0.5) is 0 Å². The van der Waals surface area contributed by atoms with E-state index in [1.807, 2.05) is 24.8 Å². The summed E-state index contributed by atoms with van der Waals surface area (Å²) in [5.74, 6) is 0.643. The van der Waals surface area contributed by atoms with Crippen LogP contribution in [-0.2, 0) is 16.8 Å². The summed E-state index contributed by atoms with van der Waals surface area (Å²) in [7, 11) is 0. The van der Waals surface area contributed by atoms with Crippen molar-refractivity contribution >= 4 is 11.8 Å². The lowest BCUT2D eigenvalue weighted by Crippen LogP contribution is -2.52. The molecule has 3 heterocycles. The Morgan fingerprint density at radius 1 is 1.11 bits per heavy atom. The number of rotatable bonds is 6. The molecule has 1 aliphatic carbocycles. The highest BCUT2D eigenvalue weighted by molar-refractivity contribution is 5.94. The quantitative estimate of drug-likeness (QED) is 0.586. The highest BCUT2D eigenvalue weighted by Crippen LogP contribution is 2.50. The zero-order valence-electron chi connectivity index (χ0n) is 20.8. The van der Waals surface area contributed by atoms with Crippen molar-refractivity contribution in [3.63, 3.8) is 0 Å². The lowest BCUT2D eigenvalue weighted by molar-refractivity contribution is -0.135. The molecule has 1 N–H and O–H groups in total. The number of carbonyl (C=O) groups is 2. The second-order valence-corrected chi connectivity index (χ2v) is 10.1. The molecule has 35 heavy (non-hydrogen) atoms. The van der Waals surface area contributed by atoms with Crippen LogP contribution in [0, 0.1) is 27.7 Å². The topological polar surface area (TPSA) is 106 Å². The summed E-state index contributed by atoms with van der Waals surface area (Å²) in [5.41, 5.74) is 4.78. The molecule has 5 rings (SSSR count). The molecule has 2 aromatic heterocycles. The van der Waals surface area contributed by atoms with Gasteiger partial charge in [0.1, 0.15) is 11.5 Å². The Kier molecular flexibility index (Phi) is 5.94. The number of aromatic nitrogens is 4. The Balaban J connectivity index is 1.24. The molecule has 1 saturated heterocycles. The van der Waals surface area contributed by atoms with Crippen molar-refractivity contribution in [2.75, 3.05) is 13.1 Å². The SMILES string of the molecule is Cc1cc(C)cc(C2(C(=O)N3CCCC(NC(=O)c4nnn(Cc5cc(C)on5)c4C)C3)CC2)c1. The van der Waals surface area contributed by atoms with E-state index < -0.39 is 5.41 Å². The minimum absolute atomic E-state index is 0.113. The van der Waals surface area contributed by atoms with Gasteiger partial charge in [-0.2, -0.15) is 0 Å². The number of likely N-dealkylation sites (tertiary alicyclic amines) is 1. The molecule has 0 bridgehead atoms. The van der Waals surface area contributed by atoms with E-state index in [-0.39, 0.29) is 17.9 Å². The van der Waals surface area contributed by atoms with Gasteiger partial charge in [-0.05, 0) is 58.9 Å². The van der Waals surface area contributed by atoms with E-state index in [2.05, 4.69) is 52.8 Å². The number of hydrogen-bond acceptors (Lipinski definition) is 6. The van der Waals surface area contributed by atoms with Crippen LogP contribution in [-0.4, -0.2) is 56.0 Å². The second-order valence-electron chi connectivity index (χ2n) is 10.1.